The zero-order chi connectivity index (χ0) is 13.7. The molecule has 0 fully saturated rings. The number of carbonyl (C=O) groups excluding carboxylic acids is 1. The summed E-state index contributed by atoms with van der Waals surface area (Å²) in [6.07, 6.45) is 3.37. The third-order valence-electron chi connectivity index (χ3n) is 2.41. The summed E-state index contributed by atoms with van der Waals surface area (Å²) < 4.78 is 4.48. The molecule has 1 aromatic carbocycles. The monoisotopic (exact) mass is 250 g/mol. The van der Waals surface area contributed by atoms with Gasteiger partial charge in [-0.3, -0.25) is 14.9 Å². The standard InChI is InChI=1S/C12H14N2O4/c1-8-6-9(4-3-5-12(15)18-2)10(13)7-11(8)14(16)17/h3-4,6-7H,5,13H2,1-2H3. The third kappa shape index (κ3) is 3.31. The lowest BCUT2D eigenvalue weighted by atomic mass is 10.1. The van der Waals surface area contributed by atoms with Crippen LogP contribution in [0, 0.1) is 17.0 Å². The van der Waals surface area contributed by atoms with Crippen LogP contribution in [0.5, 0.6) is 0 Å². The fourth-order valence-electron chi connectivity index (χ4n) is 1.44. The topological polar surface area (TPSA) is 95.5 Å². The highest BCUT2D eigenvalue weighted by molar-refractivity contribution is 5.74. The van der Waals surface area contributed by atoms with Crippen LogP contribution in [0.25, 0.3) is 6.08 Å². The maximum absolute atomic E-state index is 10.9. The van der Waals surface area contributed by atoms with Crippen LogP contribution in [0.2, 0.25) is 0 Å². The van der Waals surface area contributed by atoms with Gasteiger partial charge in [-0.05, 0) is 18.6 Å². The number of aryl methyl sites for hydroxylation is 1. The smallest absolute Gasteiger partial charge is 0.309 e. The summed E-state index contributed by atoms with van der Waals surface area (Å²) in [7, 11) is 1.31. The van der Waals surface area contributed by atoms with Crippen molar-refractivity contribution in [3.05, 3.63) is 39.4 Å². The molecule has 0 aromatic heterocycles. The molecule has 0 aliphatic heterocycles. The number of anilines is 1. The van der Waals surface area contributed by atoms with E-state index in [4.69, 9.17) is 5.73 Å². The summed E-state index contributed by atoms with van der Waals surface area (Å²) in [6.45, 7) is 1.63. The van der Waals surface area contributed by atoms with Crippen molar-refractivity contribution in [2.24, 2.45) is 0 Å². The maximum Gasteiger partial charge on any atom is 0.309 e. The highest BCUT2D eigenvalue weighted by Crippen LogP contribution is 2.25. The van der Waals surface area contributed by atoms with E-state index in [1.165, 1.54) is 13.2 Å². The first-order chi connectivity index (χ1) is 8.45. The van der Waals surface area contributed by atoms with E-state index in [-0.39, 0.29) is 18.1 Å². The third-order valence-corrected chi connectivity index (χ3v) is 2.41. The number of carbonyl (C=O) groups is 1. The summed E-state index contributed by atoms with van der Waals surface area (Å²) in [5, 5.41) is 10.7. The summed E-state index contributed by atoms with van der Waals surface area (Å²) in [6, 6.07) is 2.92. The number of nitrogens with zero attached hydrogens (tertiary/aromatic N) is 1. The van der Waals surface area contributed by atoms with E-state index in [1.807, 2.05) is 0 Å². The Balaban J connectivity index is 2.95. The Kier molecular flexibility index (Phi) is 4.42. The highest BCUT2D eigenvalue weighted by atomic mass is 16.6. The van der Waals surface area contributed by atoms with Gasteiger partial charge < -0.3 is 10.5 Å². The number of nitrogens with two attached hydrogens (primary N) is 1. The SMILES string of the molecule is COC(=O)CC=Cc1cc(C)c([N+](=O)[O-])cc1N. The van der Waals surface area contributed by atoms with Crippen LogP contribution in [0.1, 0.15) is 17.5 Å². The molecule has 0 aliphatic carbocycles. The Bertz CT molecular complexity index is 509. The molecule has 0 aliphatic rings. The van der Waals surface area contributed by atoms with Gasteiger partial charge in [0.1, 0.15) is 0 Å². The van der Waals surface area contributed by atoms with Crippen molar-refractivity contribution in [1.82, 2.24) is 0 Å². The number of hydrogen-bond acceptors (Lipinski definition) is 5. The highest BCUT2D eigenvalue weighted by Gasteiger charge is 2.12. The molecule has 1 rings (SSSR count). The Morgan fingerprint density at radius 2 is 2.22 bits per heavy atom. The van der Waals surface area contributed by atoms with Crippen molar-refractivity contribution < 1.29 is 14.5 Å². The molecular weight excluding hydrogens is 236 g/mol. The van der Waals surface area contributed by atoms with Gasteiger partial charge in [0.15, 0.2) is 0 Å². The van der Waals surface area contributed by atoms with Gasteiger partial charge in [0, 0.05) is 17.3 Å². The Labute approximate surface area is 104 Å². The van der Waals surface area contributed by atoms with Gasteiger partial charge in [0.2, 0.25) is 0 Å². The van der Waals surface area contributed by atoms with Crippen molar-refractivity contribution in [3.8, 4) is 0 Å². The van der Waals surface area contributed by atoms with Gasteiger partial charge in [0.25, 0.3) is 5.69 Å². The summed E-state index contributed by atoms with van der Waals surface area (Å²) >= 11 is 0. The zero-order valence-electron chi connectivity index (χ0n) is 10.2. The van der Waals surface area contributed by atoms with E-state index in [9.17, 15) is 14.9 Å². The molecule has 6 nitrogen and oxygen atoms in total. The van der Waals surface area contributed by atoms with E-state index in [1.54, 1.807) is 25.1 Å². The van der Waals surface area contributed by atoms with Gasteiger partial charge >= 0.3 is 5.97 Å². The lowest BCUT2D eigenvalue weighted by Gasteiger charge is -2.03. The molecule has 0 unspecified atom stereocenters. The van der Waals surface area contributed by atoms with Crippen LogP contribution >= 0.6 is 0 Å². The van der Waals surface area contributed by atoms with Crippen molar-refractivity contribution in [1.29, 1.82) is 0 Å². The normalized spacial score (nSPS) is 10.6. The Hall–Kier alpha value is -2.37. The first-order valence-corrected chi connectivity index (χ1v) is 5.23. The van der Waals surface area contributed by atoms with Gasteiger partial charge in [-0.1, -0.05) is 12.2 Å². The lowest BCUT2D eigenvalue weighted by molar-refractivity contribution is -0.385. The van der Waals surface area contributed by atoms with Gasteiger partial charge in [0.05, 0.1) is 18.5 Å². The van der Waals surface area contributed by atoms with E-state index < -0.39 is 4.92 Å². The molecule has 0 heterocycles. The van der Waals surface area contributed by atoms with E-state index in [2.05, 4.69) is 4.74 Å². The van der Waals surface area contributed by atoms with Crippen molar-refractivity contribution >= 4 is 23.4 Å². The van der Waals surface area contributed by atoms with E-state index in [0.717, 1.165) is 0 Å². The molecule has 0 bridgehead atoms. The average Bonchev–Trinajstić information content (AvgIpc) is 2.32. The molecule has 0 saturated carbocycles. The number of nitrogen functional groups attached to an aromatic ring is 1. The molecule has 6 heteroatoms. The number of ether oxygens (including phenoxy) is 1. The largest absolute Gasteiger partial charge is 0.469 e. The van der Waals surface area contributed by atoms with Crippen LogP contribution in [-0.2, 0) is 9.53 Å². The minimum atomic E-state index is -0.479. The zero-order valence-corrected chi connectivity index (χ0v) is 10.2. The molecule has 1 aromatic rings. The number of nitro benzene ring substituents is 1. The Morgan fingerprint density at radius 1 is 1.56 bits per heavy atom. The predicted molar refractivity (Wildman–Crippen MR) is 67.9 cm³/mol. The van der Waals surface area contributed by atoms with Crippen LogP contribution in [0.15, 0.2) is 18.2 Å². The summed E-state index contributed by atoms with van der Waals surface area (Å²) in [5.41, 5.74) is 7.15. The second-order valence-corrected chi connectivity index (χ2v) is 3.71. The molecule has 0 atom stereocenters. The van der Waals surface area contributed by atoms with Crippen LogP contribution in [0.3, 0.4) is 0 Å². The number of hydrogen-bond donors (Lipinski definition) is 1. The number of rotatable bonds is 4. The molecule has 96 valence electrons. The van der Waals surface area contributed by atoms with E-state index >= 15 is 0 Å². The molecule has 0 saturated heterocycles. The summed E-state index contributed by atoms with van der Waals surface area (Å²) in [5.74, 6) is -0.358. The van der Waals surface area contributed by atoms with E-state index in [0.29, 0.717) is 16.8 Å². The fourth-order valence-corrected chi connectivity index (χ4v) is 1.44. The van der Waals surface area contributed by atoms with Crippen LogP contribution in [0.4, 0.5) is 11.4 Å². The van der Waals surface area contributed by atoms with Crippen molar-refractivity contribution in [2.75, 3.05) is 12.8 Å². The second kappa shape index (κ2) is 5.81. The molecule has 0 amide bonds. The predicted octanol–water partition coefficient (Wildman–Crippen LogP) is 2.06. The molecular formula is C12H14N2O4. The number of nitro groups is 1. The fraction of sp³-hybridized carbons (Fsp3) is 0.250. The molecule has 2 N–H and O–H groups in total. The van der Waals surface area contributed by atoms with Crippen molar-refractivity contribution in [3.63, 3.8) is 0 Å². The number of methoxy groups -OCH3 is 1. The number of esters is 1. The quantitative estimate of drug-likeness (QED) is 0.382. The van der Waals surface area contributed by atoms with Gasteiger partial charge in [-0.15, -0.1) is 0 Å². The molecule has 0 radical (unpaired) electrons. The average molecular weight is 250 g/mol. The minimum absolute atomic E-state index is 0.0161. The summed E-state index contributed by atoms with van der Waals surface area (Å²) in [4.78, 5) is 21.1. The lowest BCUT2D eigenvalue weighted by Crippen LogP contribution is -1.98. The van der Waals surface area contributed by atoms with Gasteiger partial charge in [-0.25, -0.2) is 0 Å². The minimum Gasteiger partial charge on any atom is -0.469 e. The Morgan fingerprint density at radius 3 is 2.78 bits per heavy atom. The second-order valence-electron chi connectivity index (χ2n) is 3.71. The van der Waals surface area contributed by atoms with Crippen LogP contribution < -0.4 is 5.73 Å². The first kappa shape index (κ1) is 13.7. The molecule has 0 spiro atoms. The number of benzene rings is 1. The van der Waals surface area contributed by atoms with Crippen molar-refractivity contribution in [2.45, 2.75) is 13.3 Å². The van der Waals surface area contributed by atoms with Crippen LogP contribution in [-0.4, -0.2) is 18.0 Å². The molecule has 18 heavy (non-hydrogen) atoms. The maximum atomic E-state index is 10.9. The first-order valence-electron chi connectivity index (χ1n) is 5.23. The van der Waals surface area contributed by atoms with Gasteiger partial charge in [-0.2, -0.15) is 0 Å².